The van der Waals surface area contributed by atoms with Crippen LogP contribution < -0.4 is 44.8 Å². The summed E-state index contributed by atoms with van der Waals surface area (Å²) in [7, 11) is -3.60. The first kappa shape index (κ1) is 22.4. The molecule has 0 aliphatic carbocycles. The van der Waals surface area contributed by atoms with E-state index in [9.17, 15) is 23.1 Å². The van der Waals surface area contributed by atoms with Crippen LogP contribution in [0.1, 0.15) is 30.1 Å². The van der Waals surface area contributed by atoms with E-state index in [4.69, 9.17) is 9.15 Å². The molecular weight excluding hydrogens is 395 g/mol. The fourth-order valence-corrected chi connectivity index (χ4v) is 3.33. The van der Waals surface area contributed by atoms with Gasteiger partial charge in [-0.15, -0.1) is 0 Å². The first-order chi connectivity index (χ1) is 12.7. The maximum atomic E-state index is 12.9. The summed E-state index contributed by atoms with van der Waals surface area (Å²) in [5.41, 5.74) is -0.421. The number of carbonyl (C=O) groups excluding carboxylic acids is 1. The molecule has 0 N–H and O–H groups in total. The molecule has 0 amide bonds. The fraction of sp³-hybridized carbons (Fsp3) is 0.263. The van der Waals surface area contributed by atoms with E-state index in [0.29, 0.717) is 6.61 Å². The van der Waals surface area contributed by atoms with Crippen LogP contribution in [0.3, 0.4) is 0 Å². The van der Waals surface area contributed by atoms with E-state index >= 15 is 0 Å². The van der Waals surface area contributed by atoms with Gasteiger partial charge in [0.05, 0.1) is 28.2 Å². The van der Waals surface area contributed by atoms with E-state index in [1.165, 1.54) is 24.3 Å². The third-order valence-corrected chi connectivity index (χ3v) is 5.22. The molecule has 0 spiro atoms. The molecule has 1 aromatic heterocycles. The van der Waals surface area contributed by atoms with Crippen molar-refractivity contribution in [2.75, 3.05) is 12.9 Å². The van der Waals surface area contributed by atoms with Crippen LogP contribution in [0.25, 0.3) is 21.9 Å². The zero-order chi connectivity index (χ0) is 19.8. The van der Waals surface area contributed by atoms with Crippen LogP contribution >= 0.6 is 0 Å². The molecule has 0 atom stereocenters. The SMILES string of the molecule is CCCCOc1cc(S(C)(=O)=O)cc2c(=O)c3cc(C(=O)[O-])ccc3oc12.[Na+]. The van der Waals surface area contributed by atoms with Gasteiger partial charge in [0.2, 0.25) is 5.43 Å². The average molecular weight is 412 g/mol. The standard InChI is InChI=1S/C19H18O7S.Na/c1-3-4-7-25-16-10-12(27(2,23)24)9-14-17(20)13-8-11(19(21)22)5-6-15(13)26-18(14)16;/h5-6,8-10H,3-4,7H2,1-2H3,(H,21,22);/q;+1/p-1. The van der Waals surface area contributed by atoms with Crippen molar-refractivity contribution in [3.05, 3.63) is 46.1 Å². The number of ether oxygens (including phenoxy) is 1. The summed E-state index contributed by atoms with van der Waals surface area (Å²) in [4.78, 5) is 23.9. The Hall–Kier alpha value is -1.87. The second-order valence-electron chi connectivity index (χ2n) is 6.20. The molecule has 3 rings (SSSR count). The maximum Gasteiger partial charge on any atom is 1.00 e. The molecule has 3 aromatic rings. The molecule has 142 valence electrons. The Labute approximate surface area is 183 Å². The molecule has 0 aliphatic rings. The Kier molecular flexibility index (Phi) is 6.93. The van der Waals surface area contributed by atoms with Crippen molar-refractivity contribution in [2.24, 2.45) is 0 Å². The summed E-state index contributed by atoms with van der Waals surface area (Å²) in [6.07, 6.45) is 2.65. The summed E-state index contributed by atoms with van der Waals surface area (Å²) in [5, 5.41) is 11.1. The number of aromatic carboxylic acids is 1. The minimum atomic E-state index is -3.60. The monoisotopic (exact) mass is 412 g/mol. The van der Waals surface area contributed by atoms with Crippen molar-refractivity contribution in [3.63, 3.8) is 0 Å². The van der Waals surface area contributed by atoms with E-state index in [-0.39, 0.29) is 67.7 Å². The van der Waals surface area contributed by atoms with Gasteiger partial charge in [-0.25, -0.2) is 8.42 Å². The Bertz CT molecular complexity index is 1210. The number of fused-ring (bicyclic) bond motifs is 2. The van der Waals surface area contributed by atoms with Gasteiger partial charge in [0.15, 0.2) is 21.2 Å². The molecule has 0 bridgehead atoms. The topological polar surface area (TPSA) is 114 Å². The molecule has 0 fully saturated rings. The number of benzene rings is 2. The number of rotatable bonds is 6. The van der Waals surface area contributed by atoms with Crippen LogP contribution in [0.5, 0.6) is 5.75 Å². The Balaban J connectivity index is 0.00000280. The van der Waals surface area contributed by atoms with Crippen molar-refractivity contribution >= 4 is 37.7 Å². The zero-order valence-electron chi connectivity index (χ0n) is 15.8. The quantitative estimate of drug-likeness (QED) is 0.287. The van der Waals surface area contributed by atoms with Crippen molar-refractivity contribution < 1.29 is 57.0 Å². The first-order valence-electron chi connectivity index (χ1n) is 8.31. The molecule has 7 nitrogen and oxygen atoms in total. The zero-order valence-corrected chi connectivity index (χ0v) is 18.6. The predicted octanol–water partition coefficient (Wildman–Crippen LogP) is -1.10. The Morgan fingerprint density at radius 1 is 1.18 bits per heavy atom. The van der Waals surface area contributed by atoms with Crippen molar-refractivity contribution in [2.45, 2.75) is 24.7 Å². The summed E-state index contributed by atoms with van der Waals surface area (Å²) in [6, 6.07) is 6.34. The van der Waals surface area contributed by atoms with Crippen LogP contribution in [0, 0.1) is 0 Å². The van der Waals surface area contributed by atoms with Crippen LogP contribution in [0.2, 0.25) is 0 Å². The number of unbranched alkanes of at least 4 members (excludes halogenated alkanes) is 1. The second-order valence-corrected chi connectivity index (χ2v) is 8.22. The molecule has 1 heterocycles. The minimum Gasteiger partial charge on any atom is -0.545 e. The van der Waals surface area contributed by atoms with Gasteiger partial charge in [0.25, 0.3) is 0 Å². The van der Waals surface area contributed by atoms with Crippen LogP contribution in [0.4, 0.5) is 0 Å². The molecule has 0 unspecified atom stereocenters. The minimum absolute atomic E-state index is 0. The van der Waals surface area contributed by atoms with Gasteiger partial charge in [0.1, 0.15) is 5.58 Å². The van der Waals surface area contributed by atoms with E-state index in [1.54, 1.807) is 0 Å². The Morgan fingerprint density at radius 2 is 1.89 bits per heavy atom. The number of hydrogen-bond donors (Lipinski definition) is 0. The van der Waals surface area contributed by atoms with E-state index < -0.39 is 21.2 Å². The summed E-state index contributed by atoms with van der Waals surface area (Å²) in [6.45, 7) is 2.32. The molecule has 2 aromatic carbocycles. The number of carbonyl (C=O) groups is 1. The normalized spacial score (nSPS) is 11.4. The predicted molar refractivity (Wildman–Crippen MR) is 97.8 cm³/mol. The largest absolute Gasteiger partial charge is 1.00 e. The van der Waals surface area contributed by atoms with Gasteiger partial charge in [-0.3, -0.25) is 4.79 Å². The number of carboxylic acids is 1. The van der Waals surface area contributed by atoms with Gasteiger partial charge in [-0.05, 0) is 36.2 Å². The van der Waals surface area contributed by atoms with Crippen molar-refractivity contribution in [1.82, 2.24) is 0 Å². The molecule has 0 saturated carbocycles. The van der Waals surface area contributed by atoms with Crippen LogP contribution in [0.15, 0.2) is 44.4 Å². The molecular formula is C19H17NaO7S. The number of hydrogen-bond acceptors (Lipinski definition) is 7. The molecule has 0 aliphatic heterocycles. The maximum absolute atomic E-state index is 12.9. The molecule has 0 saturated heterocycles. The third kappa shape index (κ3) is 4.41. The number of carboxylic acid groups (broad SMARTS) is 1. The summed E-state index contributed by atoms with van der Waals surface area (Å²) in [5.74, 6) is -1.27. The molecule has 0 radical (unpaired) electrons. The van der Waals surface area contributed by atoms with E-state index in [2.05, 4.69) is 0 Å². The number of sulfone groups is 1. The van der Waals surface area contributed by atoms with Gasteiger partial charge in [-0.1, -0.05) is 13.3 Å². The third-order valence-electron chi connectivity index (χ3n) is 4.13. The summed E-state index contributed by atoms with van der Waals surface area (Å²) < 4.78 is 35.4. The molecule has 28 heavy (non-hydrogen) atoms. The van der Waals surface area contributed by atoms with Crippen LogP contribution in [-0.2, 0) is 9.84 Å². The second kappa shape index (κ2) is 8.65. The fourth-order valence-electron chi connectivity index (χ4n) is 2.68. The smallest absolute Gasteiger partial charge is 0.545 e. The van der Waals surface area contributed by atoms with E-state index in [0.717, 1.165) is 25.2 Å². The van der Waals surface area contributed by atoms with Gasteiger partial charge >= 0.3 is 29.6 Å². The van der Waals surface area contributed by atoms with E-state index in [1.807, 2.05) is 6.92 Å². The van der Waals surface area contributed by atoms with Crippen molar-refractivity contribution in [1.29, 1.82) is 0 Å². The Morgan fingerprint density at radius 3 is 2.50 bits per heavy atom. The van der Waals surface area contributed by atoms with Gasteiger partial charge in [-0.2, -0.15) is 0 Å². The summed E-state index contributed by atoms with van der Waals surface area (Å²) >= 11 is 0. The first-order valence-corrected chi connectivity index (χ1v) is 10.2. The van der Waals surface area contributed by atoms with Gasteiger partial charge < -0.3 is 19.1 Å². The van der Waals surface area contributed by atoms with Crippen molar-refractivity contribution in [3.8, 4) is 5.75 Å². The van der Waals surface area contributed by atoms with Gasteiger partial charge in [0, 0.05) is 12.3 Å². The average Bonchev–Trinajstić information content (AvgIpc) is 2.61. The van der Waals surface area contributed by atoms with Crippen LogP contribution in [-0.4, -0.2) is 27.2 Å². The molecule has 9 heteroatoms.